The van der Waals surface area contributed by atoms with Gasteiger partial charge < -0.3 is 13.8 Å². The fourth-order valence-electron chi connectivity index (χ4n) is 2.48. The molecule has 134 valence electrons. The van der Waals surface area contributed by atoms with Crippen molar-refractivity contribution in [1.29, 1.82) is 0 Å². The van der Waals surface area contributed by atoms with Gasteiger partial charge in [-0.2, -0.15) is 18.2 Å². The molecule has 4 aromatic rings. The maximum Gasteiger partial charge on any atom is 0.471 e. The molecule has 0 N–H and O–H groups in total. The summed E-state index contributed by atoms with van der Waals surface area (Å²) in [7, 11) is 1.59. The van der Waals surface area contributed by atoms with Crippen LogP contribution >= 0.6 is 11.3 Å². The van der Waals surface area contributed by atoms with Crippen LogP contribution in [-0.2, 0) is 12.7 Å². The maximum absolute atomic E-state index is 12.6. The molecule has 0 spiro atoms. The summed E-state index contributed by atoms with van der Waals surface area (Å²) in [5.74, 6) is -0.710. The van der Waals surface area contributed by atoms with E-state index < -0.39 is 12.1 Å². The zero-order valence-corrected chi connectivity index (χ0v) is 14.1. The summed E-state index contributed by atoms with van der Waals surface area (Å²) < 4.78 is 49.2. The van der Waals surface area contributed by atoms with E-state index in [1.165, 1.54) is 11.3 Å². The number of benzene rings is 1. The average molecular weight is 380 g/mol. The molecule has 0 aliphatic carbocycles. The van der Waals surface area contributed by atoms with Gasteiger partial charge >= 0.3 is 12.1 Å². The Balaban J connectivity index is 1.60. The molecule has 0 saturated heterocycles. The second-order valence-corrected chi connectivity index (χ2v) is 6.58. The molecule has 0 saturated carbocycles. The number of hydrogen-bond donors (Lipinski definition) is 0. The molecule has 26 heavy (non-hydrogen) atoms. The van der Waals surface area contributed by atoms with Gasteiger partial charge in [-0.05, 0) is 24.3 Å². The van der Waals surface area contributed by atoms with Crippen LogP contribution in [0.25, 0.3) is 21.7 Å². The van der Waals surface area contributed by atoms with Crippen LogP contribution < -0.4 is 4.74 Å². The van der Waals surface area contributed by atoms with E-state index in [2.05, 4.69) is 19.6 Å². The van der Waals surface area contributed by atoms with Crippen LogP contribution in [0, 0.1) is 0 Å². The van der Waals surface area contributed by atoms with Crippen LogP contribution in [0.2, 0.25) is 0 Å². The van der Waals surface area contributed by atoms with Gasteiger partial charge in [-0.25, -0.2) is 4.98 Å². The fourth-order valence-corrected chi connectivity index (χ4v) is 3.41. The zero-order valence-electron chi connectivity index (χ0n) is 13.3. The SMILES string of the molecule is COc1ccc2ncn(Cc3ccc(-c4noc(C(F)(F)F)n4)s3)c2c1. The largest absolute Gasteiger partial charge is 0.497 e. The molecule has 0 amide bonds. The first-order valence-corrected chi connectivity index (χ1v) is 8.24. The third kappa shape index (κ3) is 3.03. The normalized spacial score (nSPS) is 12.0. The fraction of sp³-hybridized carbons (Fsp3) is 0.188. The summed E-state index contributed by atoms with van der Waals surface area (Å²) in [6.45, 7) is 0.512. The minimum atomic E-state index is -4.65. The molecule has 10 heteroatoms. The number of ether oxygens (including phenoxy) is 1. The quantitative estimate of drug-likeness (QED) is 0.530. The predicted octanol–water partition coefficient (Wildman–Crippen LogP) is 4.22. The van der Waals surface area contributed by atoms with Gasteiger partial charge in [0.15, 0.2) is 0 Å². The molecule has 3 aromatic heterocycles. The lowest BCUT2D eigenvalue weighted by molar-refractivity contribution is -0.159. The Hall–Kier alpha value is -2.88. The summed E-state index contributed by atoms with van der Waals surface area (Å²) in [5.41, 5.74) is 1.73. The third-order valence-corrected chi connectivity index (χ3v) is 4.77. The van der Waals surface area contributed by atoms with Crippen molar-refractivity contribution >= 4 is 22.4 Å². The molecule has 0 aliphatic heterocycles. The lowest BCUT2D eigenvalue weighted by Crippen LogP contribution is -2.04. The second kappa shape index (κ2) is 6.13. The van der Waals surface area contributed by atoms with Gasteiger partial charge in [0, 0.05) is 10.9 Å². The molecule has 0 unspecified atom stereocenters. The smallest absolute Gasteiger partial charge is 0.471 e. The van der Waals surface area contributed by atoms with Crippen molar-refractivity contribution in [2.75, 3.05) is 7.11 Å². The summed E-state index contributed by atoms with van der Waals surface area (Å²) in [6, 6.07) is 9.06. The summed E-state index contributed by atoms with van der Waals surface area (Å²) >= 11 is 1.29. The van der Waals surface area contributed by atoms with Crippen LogP contribution in [0.15, 0.2) is 41.2 Å². The molecule has 0 radical (unpaired) electrons. The monoisotopic (exact) mass is 380 g/mol. The van der Waals surface area contributed by atoms with Gasteiger partial charge in [-0.1, -0.05) is 5.16 Å². The number of rotatable bonds is 4. The molecule has 0 fully saturated rings. The minimum Gasteiger partial charge on any atom is -0.497 e. The standard InChI is InChI=1S/C16H11F3N4O2S/c1-24-9-2-4-11-12(6-9)23(8-20-11)7-10-3-5-13(26-10)14-21-15(25-22-14)16(17,18)19/h2-6,8H,7H2,1H3. The van der Waals surface area contributed by atoms with Gasteiger partial charge in [-0.3, -0.25) is 0 Å². The number of aromatic nitrogens is 4. The molecule has 0 bridgehead atoms. The van der Waals surface area contributed by atoms with Crippen LogP contribution in [0.5, 0.6) is 5.75 Å². The second-order valence-electron chi connectivity index (χ2n) is 5.41. The average Bonchev–Trinajstić information content (AvgIpc) is 3.33. The van der Waals surface area contributed by atoms with E-state index in [4.69, 9.17) is 4.74 Å². The first-order valence-electron chi connectivity index (χ1n) is 7.43. The Morgan fingerprint density at radius 3 is 2.81 bits per heavy atom. The first-order chi connectivity index (χ1) is 12.4. The highest BCUT2D eigenvalue weighted by Crippen LogP contribution is 2.32. The number of nitrogens with zero attached hydrogens (tertiary/aromatic N) is 4. The van der Waals surface area contributed by atoms with Crippen LogP contribution in [0.3, 0.4) is 0 Å². The third-order valence-electron chi connectivity index (χ3n) is 3.70. The van der Waals surface area contributed by atoms with E-state index >= 15 is 0 Å². The Kier molecular flexibility index (Phi) is 3.91. The Bertz CT molecular complexity index is 1070. The molecular formula is C16H11F3N4O2S. The van der Waals surface area contributed by atoms with E-state index in [1.807, 2.05) is 28.8 Å². The topological polar surface area (TPSA) is 66.0 Å². The summed E-state index contributed by atoms with van der Waals surface area (Å²) in [4.78, 5) is 9.16. The van der Waals surface area contributed by atoms with E-state index in [0.717, 1.165) is 21.7 Å². The van der Waals surface area contributed by atoms with Crippen molar-refractivity contribution in [3.8, 4) is 16.5 Å². The van der Waals surface area contributed by atoms with Crippen molar-refractivity contribution in [2.45, 2.75) is 12.7 Å². The van der Waals surface area contributed by atoms with Crippen LogP contribution in [0.4, 0.5) is 13.2 Å². The lowest BCUT2D eigenvalue weighted by Gasteiger charge is -2.04. The number of alkyl halides is 3. The van der Waals surface area contributed by atoms with Crippen molar-refractivity contribution in [1.82, 2.24) is 19.7 Å². The Morgan fingerprint density at radius 1 is 1.23 bits per heavy atom. The molecule has 3 heterocycles. The van der Waals surface area contributed by atoms with Gasteiger partial charge in [0.2, 0.25) is 5.82 Å². The number of methoxy groups -OCH3 is 1. The highest BCUT2D eigenvalue weighted by Gasteiger charge is 2.38. The predicted molar refractivity (Wildman–Crippen MR) is 88.0 cm³/mol. The number of thiophene rings is 1. The van der Waals surface area contributed by atoms with E-state index in [0.29, 0.717) is 11.4 Å². The lowest BCUT2D eigenvalue weighted by atomic mass is 10.3. The van der Waals surface area contributed by atoms with Crippen molar-refractivity contribution in [2.24, 2.45) is 0 Å². The van der Waals surface area contributed by atoms with Crippen molar-refractivity contribution in [3.05, 3.63) is 47.4 Å². The summed E-state index contributed by atoms with van der Waals surface area (Å²) in [5, 5.41) is 3.40. The van der Waals surface area contributed by atoms with E-state index in [-0.39, 0.29) is 5.82 Å². The van der Waals surface area contributed by atoms with Crippen molar-refractivity contribution < 1.29 is 22.4 Å². The van der Waals surface area contributed by atoms with E-state index in [9.17, 15) is 13.2 Å². The van der Waals surface area contributed by atoms with Gasteiger partial charge in [0.1, 0.15) is 5.75 Å². The van der Waals surface area contributed by atoms with Crippen LogP contribution in [0.1, 0.15) is 10.8 Å². The Labute approximate surface area is 148 Å². The van der Waals surface area contributed by atoms with E-state index in [1.54, 1.807) is 19.5 Å². The van der Waals surface area contributed by atoms with Crippen molar-refractivity contribution in [3.63, 3.8) is 0 Å². The molecule has 0 aliphatic rings. The van der Waals surface area contributed by atoms with Crippen LogP contribution in [-0.4, -0.2) is 26.8 Å². The molecule has 4 rings (SSSR count). The highest BCUT2D eigenvalue weighted by molar-refractivity contribution is 7.15. The minimum absolute atomic E-state index is 0.0780. The zero-order chi connectivity index (χ0) is 18.3. The number of hydrogen-bond acceptors (Lipinski definition) is 6. The maximum atomic E-state index is 12.6. The summed E-state index contributed by atoms with van der Waals surface area (Å²) in [6.07, 6.45) is -2.94. The number of imidazole rings is 1. The molecule has 1 aromatic carbocycles. The number of fused-ring (bicyclic) bond motifs is 1. The number of halogens is 3. The molecule has 0 atom stereocenters. The van der Waals surface area contributed by atoms with Gasteiger partial charge in [0.05, 0.1) is 35.9 Å². The molecular weight excluding hydrogens is 369 g/mol. The van der Waals surface area contributed by atoms with Gasteiger partial charge in [-0.15, -0.1) is 11.3 Å². The highest BCUT2D eigenvalue weighted by atomic mass is 32.1. The Morgan fingerprint density at radius 2 is 2.08 bits per heavy atom. The first kappa shape index (κ1) is 16.6. The molecule has 6 nitrogen and oxygen atoms in total. The van der Waals surface area contributed by atoms with Gasteiger partial charge in [0.25, 0.3) is 0 Å².